The van der Waals surface area contributed by atoms with Crippen LogP contribution in [0.15, 0.2) is 46.3 Å². The number of rotatable bonds is 5. The van der Waals surface area contributed by atoms with Gasteiger partial charge in [-0.3, -0.25) is 9.72 Å². The van der Waals surface area contributed by atoms with Gasteiger partial charge in [0.2, 0.25) is 5.89 Å². The lowest BCUT2D eigenvalue weighted by Gasteiger charge is -2.07. The molecular formula is C15H10F3N7O3. The molecule has 0 spiro atoms. The van der Waals surface area contributed by atoms with Gasteiger partial charge in [-0.25, -0.2) is 19.2 Å². The van der Waals surface area contributed by atoms with Gasteiger partial charge >= 0.3 is 12.1 Å². The van der Waals surface area contributed by atoms with Crippen molar-refractivity contribution in [2.75, 3.05) is 6.61 Å². The highest BCUT2D eigenvalue weighted by molar-refractivity contribution is 5.68. The molecule has 0 aliphatic rings. The molecule has 0 saturated carbocycles. The molecular weight excluding hydrogens is 383 g/mol. The van der Waals surface area contributed by atoms with Crippen LogP contribution in [0.25, 0.3) is 28.6 Å². The summed E-state index contributed by atoms with van der Waals surface area (Å²) in [6, 6.07) is 3.47. The summed E-state index contributed by atoms with van der Waals surface area (Å²) in [5.41, 5.74) is 0.246. The Labute approximate surface area is 153 Å². The van der Waals surface area contributed by atoms with Crippen LogP contribution in [0.3, 0.4) is 0 Å². The molecule has 0 bridgehead atoms. The fourth-order valence-electron chi connectivity index (χ4n) is 2.41. The second-order valence-corrected chi connectivity index (χ2v) is 5.44. The Hall–Kier alpha value is -3.61. The lowest BCUT2D eigenvalue weighted by atomic mass is 10.2. The highest BCUT2D eigenvalue weighted by atomic mass is 19.4. The molecule has 13 heteroatoms. The molecule has 4 rings (SSSR count). The Kier molecular flexibility index (Phi) is 4.35. The number of alkyl halides is 3. The minimum atomic E-state index is -4.79. The average Bonchev–Trinajstić information content (AvgIpc) is 3.30. The van der Waals surface area contributed by atoms with Gasteiger partial charge in [-0.15, -0.1) is 18.3 Å². The number of hydrogen-bond acceptors (Lipinski definition) is 8. The molecule has 4 heterocycles. The van der Waals surface area contributed by atoms with Crippen molar-refractivity contribution >= 4 is 5.65 Å². The first kappa shape index (κ1) is 17.8. The number of fused-ring (bicyclic) bond motifs is 1. The molecule has 4 aromatic rings. The van der Waals surface area contributed by atoms with E-state index < -0.39 is 25.2 Å². The van der Waals surface area contributed by atoms with Gasteiger partial charge in [-0.05, 0) is 12.1 Å². The number of aromatic nitrogens is 7. The SMILES string of the molecule is O=c1n(CCOC(F)(F)F)nnc2c(-c3ncc(-c4ccncc4)o3)ncn12. The van der Waals surface area contributed by atoms with Gasteiger partial charge in [0.05, 0.1) is 19.3 Å². The normalized spacial score (nSPS) is 12.0. The fraction of sp³-hybridized carbons (Fsp3) is 0.200. The number of hydrogen-bond donors (Lipinski definition) is 0. The van der Waals surface area contributed by atoms with Gasteiger partial charge in [-0.2, -0.15) is 4.68 Å². The third-order valence-corrected chi connectivity index (χ3v) is 3.66. The van der Waals surface area contributed by atoms with Crippen LogP contribution >= 0.6 is 0 Å². The van der Waals surface area contributed by atoms with Crippen LogP contribution in [0.2, 0.25) is 0 Å². The van der Waals surface area contributed by atoms with E-state index in [1.54, 1.807) is 24.5 Å². The predicted octanol–water partition coefficient (Wildman–Crippen LogP) is 1.54. The fourth-order valence-corrected chi connectivity index (χ4v) is 2.41. The molecule has 0 aromatic carbocycles. The molecule has 28 heavy (non-hydrogen) atoms. The van der Waals surface area contributed by atoms with Gasteiger partial charge in [0, 0.05) is 18.0 Å². The largest absolute Gasteiger partial charge is 0.522 e. The monoisotopic (exact) mass is 393 g/mol. The molecule has 0 radical (unpaired) electrons. The summed E-state index contributed by atoms with van der Waals surface area (Å²) in [5.74, 6) is 0.574. The second-order valence-electron chi connectivity index (χ2n) is 5.44. The van der Waals surface area contributed by atoms with Crippen LogP contribution in [-0.2, 0) is 11.3 Å². The summed E-state index contributed by atoms with van der Waals surface area (Å²) in [7, 11) is 0. The molecule has 10 nitrogen and oxygen atoms in total. The minimum Gasteiger partial charge on any atom is -0.435 e. The summed E-state index contributed by atoms with van der Waals surface area (Å²) in [5, 5.41) is 7.46. The van der Waals surface area contributed by atoms with Crippen LogP contribution in [0.4, 0.5) is 13.2 Å². The molecule has 0 fully saturated rings. The van der Waals surface area contributed by atoms with Crippen molar-refractivity contribution in [3.8, 4) is 22.9 Å². The number of ether oxygens (including phenoxy) is 1. The summed E-state index contributed by atoms with van der Waals surface area (Å²) in [6.45, 7) is -1.21. The molecule has 0 saturated heterocycles. The van der Waals surface area contributed by atoms with Gasteiger partial charge in [0.1, 0.15) is 6.33 Å². The zero-order chi connectivity index (χ0) is 19.7. The smallest absolute Gasteiger partial charge is 0.435 e. The van der Waals surface area contributed by atoms with Crippen LogP contribution in [0.5, 0.6) is 0 Å². The number of halogens is 3. The van der Waals surface area contributed by atoms with E-state index in [2.05, 4.69) is 30.0 Å². The van der Waals surface area contributed by atoms with E-state index >= 15 is 0 Å². The van der Waals surface area contributed by atoms with Crippen molar-refractivity contribution in [3.05, 3.63) is 47.5 Å². The van der Waals surface area contributed by atoms with Crippen molar-refractivity contribution in [1.82, 2.24) is 34.3 Å². The molecule has 0 aliphatic carbocycles. The van der Waals surface area contributed by atoms with E-state index in [0.29, 0.717) is 5.76 Å². The maximum absolute atomic E-state index is 12.3. The van der Waals surface area contributed by atoms with Crippen LogP contribution in [-0.4, -0.2) is 47.3 Å². The van der Waals surface area contributed by atoms with Crippen molar-refractivity contribution in [1.29, 1.82) is 0 Å². The Morgan fingerprint density at radius 3 is 2.71 bits per heavy atom. The summed E-state index contributed by atoms with van der Waals surface area (Å²) in [4.78, 5) is 24.5. The first-order valence-corrected chi connectivity index (χ1v) is 7.80. The molecule has 0 aliphatic heterocycles. The number of oxazole rings is 1. The van der Waals surface area contributed by atoms with E-state index in [1.807, 2.05) is 0 Å². The third kappa shape index (κ3) is 3.46. The molecule has 144 valence electrons. The molecule has 0 atom stereocenters. The summed E-state index contributed by atoms with van der Waals surface area (Å²) in [6.07, 6.45) is 1.05. The second kappa shape index (κ2) is 6.84. The predicted molar refractivity (Wildman–Crippen MR) is 85.8 cm³/mol. The molecule has 0 amide bonds. The summed E-state index contributed by atoms with van der Waals surface area (Å²) >= 11 is 0. The number of imidazole rings is 1. The molecule has 4 aromatic heterocycles. The van der Waals surface area contributed by atoms with Crippen molar-refractivity contribution < 1.29 is 22.3 Å². The highest BCUT2D eigenvalue weighted by Gasteiger charge is 2.29. The van der Waals surface area contributed by atoms with E-state index in [1.165, 1.54) is 12.5 Å². The third-order valence-electron chi connectivity index (χ3n) is 3.66. The Bertz CT molecular complexity index is 1170. The zero-order valence-corrected chi connectivity index (χ0v) is 13.9. The maximum Gasteiger partial charge on any atom is 0.522 e. The van der Waals surface area contributed by atoms with E-state index in [-0.39, 0.29) is 17.2 Å². The van der Waals surface area contributed by atoms with Crippen LogP contribution < -0.4 is 5.69 Å². The topological polar surface area (TPSA) is 113 Å². The van der Waals surface area contributed by atoms with Crippen molar-refractivity contribution in [2.24, 2.45) is 0 Å². The lowest BCUT2D eigenvalue weighted by molar-refractivity contribution is -0.325. The highest BCUT2D eigenvalue weighted by Crippen LogP contribution is 2.26. The van der Waals surface area contributed by atoms with Gasteiger partial charge in [0.15, 0.2) is 17.1 Å². The average molecular weight is 393 g/mol. The minimum absolute atomic E-state index is 0.0566. The van der Waals surface area contributed by atoms with Gasteiger partial charge < -0.3 is 4.42 Å². The standard InChI is InChI=1S/C15H10F3N7O3/c16-15(17,18)27-6-5-25-14(26)24-8-21-11(12(24)22-23-25)13-20-7-10(28-13)9-1-3-19-4-2-9/h1-4,7-8H,5-6H2. The molecule has 0 N–H and O–H groups in total. The van der Waals surface area contributed by atoms with Gasteiger partial charge in [0.25, 0.3) is 0 Å². The Morgan fingerprint density at radius 1 is 1.18 bits per heavy atom. The zero-order valence-electron chi connectivity index (χ0n) is 13.9. The Morgan fingerprint density at radius 2 is 1.96 bits per heavy atom. The van der Waals surface area contributed by atoms with Gasteiger partial charge in [-0.1, -0.05) is 5.21 Å². The number of pyridine rings is 1. The van der Waals surface area contributed by atoms with E-state index in [9.17, 15) is 18.0 Å². The van der Waals surface area contributed by atoms with Crippen LogP contribution in [0.1, 0.15) is 0 Å². The van der Waals surface area contributed by atoms with Crippen molar-refractivity contribution in [3.63, 3.8) is 0 Å². The van der Waals surface area contributed by atoms with Crippen molar-refractivity contribution in [2.45, 2.75) is 12.9 Å². The quantitative estimate of drug-likeness (QED) is 0.502. The summed E-state index contributed by atoms with van der Waals surface area (Å²) < 4.78 is 47.2. The van der Waals surface area contributed by atoms with E-state index in [0.717, 1.165) is 14.6 Å². The first-order valence-electron chi connectivity index (χ1n) is 7.80. The number of nitrogens with zero attached hydrogens (tertiary/aromatic N) is 7. The Balaban J connectivity index is 1.63. The van der Waals surface area contributed by atoms with E-state index in [4.69, 9.17) is 4.42 Å². The first-order chi connectivity index (χ1) is 13.4. The molecule has 0 unspecified atom stereocenters. The maximum atomic E-state index is 12.3. The lowest BCUT2D eigenvalue weighted by Crippen LogP contribution is -2.32. The van der Waals surface area contributed by atoms with Crippen LogP contribution in [0, 0.1) is 0 Å².